The van der Waals surface area contributed by atoms with E-state index in [4.69, 9.17) is 5.11 Å². The summed E-state index contributed by atoms with van der Waals surface area (Å²) in [7, 11) is 0. The summed E-state index contributed by atoms with van der Waals surface area (Å²) in [4.78, 5) is 0. The lowest BCUT2D eigenvalue weighted by molar-refractivity contribution is 0.274. The topological polar surface area (TPSA) is 20.2 Å². The number of fused-ring (bicyclic) bond motifs is 1. The molecule has 74 valence electrons. The van der Waals surface area contributed by atoms with Crippen LogP contribution in [0.15, 0.2) is 23.6 Å². The second kappa shape index (κ2) is 3.71. The van der Waals surface area contributed by atoms with Gasteiger partial charge in [-0.1, -0.05) is 19.1 Å². The van der Waals surface area contributed by atoms with Gasteiger partial charge in [0.2, 0.25) is 0 Å². The molecule has 2 rings (SSSR count). The second-order valence-corrected chi connectivity index (χ2v) is 4.69. The number of aryl methyl sites for hydroxylation is 1. The lowest BCUT2D eigenvalue weighted by Crippen LogP contribution is -1.96. The van der Waals surface area contributed by atoms with Gasteiger partial charge in [-0.2, -0.15) is 0 Å². The number of benzene rings is 1. The Hall–Kier alpha value is -0.860. The zero-order valence-electron chi connectivity index (χ0n) is 8.45. The predicted molar refractivity (Wildman–Crippen MR) is 62.1 cm³/mol. The highest BCUT2D eigenvalue weighted by atomic mass is 32.1. The van der Waals surface area contributed by atoms with Crippen LogP contribution in [0.4, 0.5) is 0 Å². The van der Waals surface area contributed by atoms with Gasteiger partial charge in [0, 0.05) is 17.2 Å². The maximum Gasteiger partial charge on any atom is 0.0497 e. The van der Waals surface area contributed by atoms with Gasteiger partial charge in [-0.15, -0.1) is 11.3 Å². The van der Waals surface area contributed by atoms with Crippen molar-refractivity contribution in [3.05, 3.63) is 34.7 Å². The van der Waals surface area contributed by atoms with Crippen LogP contribution in [0.5, 0.6) is 0 Å². The number of aliphatic hydroxyl groups excluding tert-OH is 1. The van der Waals surface area contributed by atoms with Gasteiger partial charge in [0.05, 0.1) is 0 Å². The maximum absolute atomic E-state index is 9.13. The van der Waals surface area contributed by atoms with Gasteiger partial charge in [-0.25, -0.2) is 0 Å². The lowest BCUT2D eigenvalue weighted by atomic mass is 10.0. The average Bonchev–Trinajstić information content (AvgIpc) is 2.59. The van der Waals surface area contributed by atoms with Crippen LogP contribution < -0.4 is 0 Å². The summed E-state index contributed by atoms with van der Waals surface area (Å²) in [5.74, 6) is 0.242. The number of hydrogen-bond acceptors (Lipinski definition) is 2. The molecule has 1 unspecified atom stereocenters. The van der Waals surface area contributed by atoms with Crippen molar-refractivity contribution in [1.29, 1.82) is 0 Å². The molecule has 0 radical (unpaired) electrons. The molecule has 2 aromatic rings. The van der Waals surface area contributed by atoms with E-state index < -0.39 is 0 Å². The molecule has 1 N–H and O–H groups in total. The van der Waals surface area contributed by atoms with E-state index in [1.807, 2.05) is 0 Å². The summed E-state index contributed by atoms with van der Waals surface area (Å²) >= 11 is 1.76. The lowest BCUT2D eigenvalue weighted by Gasteiger charge is -2.05. The molecule has 14 heavy (non-hydrogen) atoms. The highest BCUT2D eigenvalue weighted by Gasteiger charge is 2.09. The van der Waals surface area contributed by atoms with E-state index in [0.717, 1.165) is 0 Å². The van der Waals surface area contributed by atoms with Crippen molar-refractivity contribution in [2.45, 2.75) is 19.8 Å². The van der Waals surface area contributed by atoms with Crippen molar-refractivity contribution >= 4 is 21.4 Å². The van der Waals surface area contributed by atoms with Crippen LogP contribution >= 0.6 is 11.3 Å². The van der Waals surface area contributed by atoms with Crippen molar-refractivity contribution in [2.24, 2.45) is 0 Å². The Bertz CT molecular complexity index is 445. The zero-order valence-corrected chi connectivity index (χ0v) is 9.27. The molecule has 1 nitrogen and oxygen atoms in total. The Morgan fingerprint density at radius 3 is 2.93 bits per heavy atom. The molecular formula is C12H14OS. The number of aliphatic hydroxyl groups is 1. The Morgan fingerprint density at radius 2 is 2.21 bits per heavy atom. The molecule has 1 aromatic carbocycles. The maximum atomic E-state index is 9.13. The third-order valence-corrected chi connectivity index (χ3v) is 3.53. The van der Waals surface area contributed by atoms with Crippen LogP contribution in [-0.2, 0) is 0 Å². The molecule has 1 atom stereocenters. The number of hydrogen-bond donors (Lipinski definition) is 1. The van der Waals surface area contributed by atoms with Crippen molar-refractivity contribution in [3.63, 3.8) is 0 Å². The first-order chi connectivity index (χ1) is 6.72. The molecule has 0 aliphatic heterocycles. The van der Waals surface area contributed by atoms with Crippen molar-refractivity contribution in [1.82, 2.24) is 0 Å². The van der Waals surface area contributed by atoms with Crippen LogP contribution in [0.1, 0.15) is 24.0 Å². The highest BCUT2D eigenvalue weighted by molar-refractivity contribution is 7.17. The number of thiophene rings is 1. The molecular weight excluding hydrogens is 192 g/mol. The monoisotopic (exact) mass is 206 g/mol. The van der Waals surface area contributed by atoms with E-state index >= 15 is 0 Å². The van der Waals surface area contributed by atoms with Gasteiger partial charge in [0.25, 0.3) is 0 Å². The molecule has 0 bridgehead atoms. The molecule has 0 aliphatic rings. The van der Waals surface area contributed by atoms with Gasteiger partial charge >= 0.3 is 0 Å². The molecule has 0 fully saturated rings. The second-order valence-electron chi connectivity index (χ2n) is 3.77. The van der Waals surface area contributed by atoms with E-state index in [1.54, 1.807) is 11.3 Å². The third-order valence-electron chi connectivity index (χ3n) is 2.57. The first-order valence-electron chi connectivity index (χ1n) is 4.81. The molecule has 0 saturated heterocycles. The van der Waals surface area contributed by atoms with E-state index in [2.05, 4.69) is 37.4 Å². The van der Waals surface area contributed by atoms with Crippen LogP contribution in [0, 0.1) is 6.92 Å². The first-order valence-corrected chi connectivity index (χ1v) is 5.69. The van der Waals surface area contributed by atoms with E-state index in [0.29, 0.717) is 0 Å². The SMILES string of the molecule is Cc1ccc2c(C(C)CO)csc2c1. The summed E-state index contributed by atoms with van der Waals surface area (Å²) in [5, 5.41) is 12.6. The van der Waals surface area contributed by atoms with Gasteiger partial charge in [0.15, 0.2) is 0 Å². The fourth-order valence-corrected chi connectivity index (χ4v) is 2.82. The largest absolute Gasteiger partial charge is 0.396 e. The zero-order chi connectivity index (χ0) is 10.1. The fourth-order valence-electron chi connectivity index (χ4n) is 1.64. The normalized spacial score (nSPS) is 13.4. The summed E-state index contributed by atoms with van der Waals surface area (Å²) in [6.45, 7) is 4.38. The number of rotatable bonds is 2. The summed E-state index contributed by atoms with van der Waals surface area (Å²) in [5.41, 5.74) is 2.56. The molecule has 0 amide bonds. The predicted octanol–water partition coefficient (Wildman–Crippen LogP) is 3.31. The van der Waals surface area contributed by atoms with Gasteiger partial charge in [0.1, 0.15) is 0 Å². The average molecular weight is 206 g/mol. The smallest absolute Gasteiger partial charge is 0.0497 e. The molecule has 1 aromatic heterocycles. The van der Waals surface area contributed by atoms with Crippen LogP contribution in [0.3, 0.4) is 0 Å². The molecule has 1 heterocycles. The Labute approximate surface area is 88.0 Å². The Kier molecular flexibility index (Phi) is 2.57. The van der Waals surface area contributed by atoms with Crippen molar-refractivity contribution in [3.8, 4) is 0 Å². The fraction of sp³-hybridized carbons (Fsp3) is 0.333. The Morgan fingerprint density at radius 1 is 1.43 bits per heavy atom. The summed E-state index contributed by atoms with van der Waals surface area (Å²) < 4.78 is 1.32. The third kappa shape index (κ3) is 1.56. The minimum Gasteiger partial charge on any atom is -0.396 e. The Balaban J connectivity index is 2.58. The van der Waals surface area contributed by atoms with E-state index in [9.17, 15) is 0 Å². The molecule has 0 spiro atoms. The van der Waals surface area contributed by atoms with Crippen LogP contribution in [0.25, 0.3) is 10.1 Å². The van der Waals surface area contributed by atoms with Crippen molar-refractivity contribution in [2.75, 3.05) is 6.61 Å². The molecule has 2 heteroatoms. The standard InChI is InChI=1S/C12H14OS/c1-8-3-4-10-11(9(2)6-13)7-14-12(10)5-8/h3-5,7,9,13H,6H2,1-2H3. The van der Waals surface area contributed by atoms with E-state index in [-0.39, 0.29) is 12.5 Å². The van der Waals surface area contributed by atoms with Gasteiger partial charge < -0.3 is 5.11 Å². The van der Waals surface area contributed by atoms with E-state index in [1.165, 1.54) is 21.2 Å². The van der Waals surface area contributed by atoms with Gasteiger partial charge in [-0.05, 0) is 34.9 Å². The molecule has 0 saturated carbocycles. The molecule has 0 aliphatic carbocycles. The van der Waals surface area contributed by atoms with Gasteiger partial charge in [-0.3, -0.25) is 0 Å². The van der Waals surface area contributed by atoms with Crippen LogP contribution in [-0.4, -0.2) is 11.7 Å². The first kappa shape index (κ1) is 9.69. The summed E-state index contributed by atoms with van der Waals surface area (Å²) in [6, 6.07) is 6.49. The van der Waals surface area contributed by atoms with Crippen LogP contribution in [0.2, 0.25) is 0 Å². The highest BCUT2D eigenvalue weighted by Crippen LogP contribution is 2.31. The minimum absolute atomic E-state index is 0.222. The summed E-state index contributed by atoms with van der Waals surface area (Å²) in [6.07, 6.45) is 0. The van der Waals surface area contributed by atoms with Crippen molar-refractivity contribution < 1.29 is 5.11 Å². The minimum atomic E-state index is 0.222. The quantitative estimate of drug-likeness (QED) is 0.799.